The van der Waals surface area contributed by atoms with Crippen molar-refractivity contribution in [2.24, 2.45) is 0 Å². The molecule has 2 nitrogen and oxygen atoms in total. The van der Waals surface area contributed by atoms with Gasteiger partial charge in [0.2, 0.25) is 0 Å². The molecule has 2 unspecified atom stereocenters. The van der Waals surface area contributed by atoms with Crippen LogP contribution >= 0.6 is 15.9 Å². The Kier molecular flexibility index (Phi) is 4.00. The van der Waals surface area contributed by atoms with Gasteiger partial charge < -0.3 is 10.2 Å². The Morgan fingerprint density at radius 3 is 2.20 bits per heavy atom. The van der Waals surface area contributed by atoms with Gasteiger partial charge in [0.25, 0.3) is 0 Å². The van der Waals surface area contributed by atoms with Crippen molar-refractivity contribution in [2.75, 3.05) is 0 Å². The van der Waals surface area contributed by atoms with E-state index in [9.17, 15) is 10.2 Å². The summed E-state index contributed by atoms with van der Waals surface area (Å²) in [6.45, 7) is 0. The van der Waals surface area contributed by atoms with Gasteiger partial charge in [0.15, 0.2) is 0 Å². The van der Waals surface area contributed by atoms with E-state index in [1.54, 1.807) is 0 Å². The summed E-state index contributed by atoms with van der Waals surface area (Å²) in [5.74, 6) is 0. The van der Waals surface area contributed by atoms with Gasteiger partial charge in [-0.15, -0.1) is 0 Å². The summed E-state index contributed by atoms with van der Waals surface area (Å²) in [5.41, 5.74) is 10.3. The zero-order valence-electron chi connectivity index (χ0n) is 16.1. The predicted octanol–water partition coefficient (Wildman–Crippen LogP) is 6.16. The van der Waals surface area contributed by atoms with Crippen molar-refractivity contribution in [2.45, 2.75) is 18.6 Å². The topological polar surface area (TPSA) is 40.5 Å². The van der Waals surface area contributed by atoms with Crippen molar-refractivity contribution in [1.29, 1.82) is 0 Å². The molecule has 0 aliphatic heterocycles. The molecule has 0 saturated heterocycles. The van der Waals surface area contributed by atoms with Gasteiger partial charge >= 0.3 is 0 Å². The Labute approximate surface area is 183 Å². The standard InChI is InChI=1S/C27H19BrO2/c28-23-12-11-22-25(27(30)21-8-4-3-7-20(21)26(22)29)24(23)16-9-10-19-17(14-16)13-15-5-1-2-6-18(15)19/h1-12,14,26-27,29-30H,13H2. The third kappa shape index (κ3) is 2.50. The highest BCUT2D eigenvalue weighted by molar-refractivity contribution is 9.10. The van der Waals surface area contributed by atoms with Gasteiger partial charge in [0, 0.05) is 15.6 Å². The Balaban J connectivity index is 1.55. The van der Waals surface area contributed by atoms with Gasteiger partial charge in [-0.05, 0) is 57.0 Å². The maximum atomic E-state index is 11.3. The number of fused-ring (bicyclic) bond motifs is 5. The lowest BCUT2D eigenvalue weighted by molar-refractivity contribution is 0.174. The fourth-order valence-electron chi connectivity index (χ4n) is 5.07. The molecule has 2 atom stereocenters. The molecular weight excluding hydrogens is 436 g/mol. The predicted molar refractivity (Wildman–Crippen MR) is 122 cm³/mol. The summed E-state index contributed by atoms with van der Waals surface area (Å²) < 4.78 is 0.919. The molecule has 2 aliphatic rings. The van der Waals surface area contributed by atoms with E-state index in [4.69, 9.17) is 0 Å². The SMILES string of the molecule is OC1c2ccccc2C(O)c2c1ccc(Br)c2-c1ccc2c(c1)Cc1ccccc1-2. The molecule has 30 heavy (non-hydrogen) atoms. The average Bonchev–Trinajstić information content (AvgIpc) is 3.15. The molecule has 0 heterocycles. The number of hydrogen-bond donors (Lipinski definition) is 2. The molecule has 0 spiro atoms. The van der Waals surface area contributed by atoms with Crippen LogP contribution in [0.25, 0.3) is 22.3 Å². The summed E-state index contributed by atoms with van der Waals surface area (Å²) in [5, 5.41) is 22.3. The zero-order chi connectivity index (χ0) is 20.4. The Morgan fingerprint density at radius 2 is 1.37 bits per heavy atom. The second kappa shape index (κ2) is 6.64. The van der Waals surface area contributed by atoms with E-state index in [1.807, 2.05) is 36.4 Å². The molecule has 4 aromatic rings. The van der Waals surface area contributed by atoms with E-state index in [-0.39, 0.29) is 0 Å². The van der Waals surface area contributed by atoms with Crippen LogP contribution in [0.4, 0.5) is 0 Å². The highest BCUT2D eigenvalue weighted by atomic mass is 79.9. The molecule has 2 N–H and O–H groups in total. The molecule has 0 amide bonds. The Bertz CT molecular complexity index is 1320. The van der Waals surface area contributed by atoms with Gasteiger partial charge in [-0.1, -0.05) is 88.7 Å². The van der Waals surface area contributed by atoms with Gasteiger partial charge in [0.05, 0.1) is 0 Å². The minimum Gasteiger partial charge on any atom is -0.384 e. The molecule has 0 saturated carbocycles. The van der Waals surface area contributed by atoms with Gasteiger partial charge in [-0.3, -0.25) is 0 Å². The highest BCUT2D eigenvalue weighted by Crippen LogP contribution is 2.48. The maximum absolute atomic E-state index is 11.3. The lowest BCUT2D eigenvalue weighted by atomic mass is 9.78. The van der Waals surface area contributed by atoms with Crippen LogP contribution in [0.5, 0.6) is 0 Å². The monoisotopic (exact) mass is 454 g/mol. The van der Waals surface area contributed by atoms with Crippen molar-refractivity contribution in [1.82, 2.24) is 0 Å². The maximum Gasteiger partial charge on any atom is 0.105 e. The number of rotatable bonds is 1. The van der Waals surface area contributed by atoms with E-state index < -0.39 is 12.2 Å². The molecule has 0 fully saturated rings. The minimum absolute atomic E-state index is 0.745. The number of benzene rings is 4. The van der Waals surface area contributed by atoms with Crippen molar-refractivity contribution in [3.63, 3.8) is 0 Å². The van der Waals surface area contributed by atoms with Crippen molar-refractivity contribution in [3.05, 3.63) is 117 Å². The van der Waals surface area contributed by atoms with E-state index in [1.165, 1.54) is 22.3 Å². The number of hydrogen-bond acceptors (Lipinski definition) is 2. The van der Waals surface area contributed by atoms with Crippen LogP contribution in [0, 0.1) is 0 Å². The molecule has 4 aromatic carbocycles. The average molecular weight is 455 g/mol. The molecule has 2 aliphatic carbocycles. The zero-order valence-corrected chi connectivity index (χ0v) is 17.7. The fraction of sp³-hybridized carbons (Fsp3) is 0.111. The van der Waals surface area contributed by atoms with Crippen LogP contribution in [0.2, 0.25) is 0 Å². The number of halogens is 1. The van der Waals surface area contributed by atoms with Gasteiger partial charge in [-0.25, -0.2) is 0 Å². The number of aliphatic hydroxyl groups excluding tert-OH is 2. The van der Waals surface area contributed by atoms with E-state index in [2.05, 4.69) is 58.4 Å². The summed E-state index contributed by atoms with van der Waals surface area (Å²) in [4.78, 5) is 0. The van der Waals surface area contributed by atoms with Crippen LogP contribution < -0.4 is 0 Å². The van der Waals surface area contributed by atoms with Gasteiger partial charge in [0.1, 0.15) is 12.2 Å². The van der Waals surface area contributed by atoms with Gasteiger partial charge in [-0.2, -0.15) is 0 Å². The van der Waals surface area contributed by atoms with E-state index in [0.29, 0.717) is 0 Å². The highest BCUT2D eigenvalue weighted by Gasteiger charge is 2.33. The Hall–Kier alpha value is -2.72. The minimum atomic E-state index is -0.780. The lowest BCUT2D eigenvalue weighted by Crippen LogP contribution is -2.19. The van der Waals surface area contributed by atoms with E-state index in [0.717, 1.165) is 44.3 Å². The summed E-state index contributed by atoms with van der Waals surface area (Å²) in [7, 11) is 0. The van der Waals surface area contributed by atoms with Crippen LogP contribution in [-0.4, -0.2) is 10.2 Å². The van der Waals surface area contributed by atoms with Crippen molar-refractivity contribution < 1.29 is 10.2 Å². The quantitative estimate of drug-likeness (QED) is 0.318. The molecule has 0 bridgehead atoms. The van der Waals surface area contributed by atoms with Crippen molar-refractivity contribution in [3.8, 4) is 22.3 Å². The van der Waals surface area contributed by atoms with Crippen LogP contribution in [0.15, 0.2) is 83.3 Å². The first-order valence-corrected chi connectivity index (χ1v) is 10.9. The van der Waals surface area contributed by atoms with Crippen LogP contribution in [0.3, 0.4) is 0 Å². The molecule has 6 rings (SSSR count). The molecule has 3 heteroatoms. The second-order valence-corrected chi connectivity index (χ2v) is 8.92. The normalized spacial score (nSPS) is 18.4. The molecule has 0 aromatic heterocycles. The van der Waals surface area contributed by atoms with Crippen LogP contribution in [-0.2, 0) is 6.42 Å². The first-order chi connectivity index (χ1) is 14.6. The smallest absolute Gasteiger partial charge is 0.105 e. The Morgan fingerprint density at radius 1 is 0.667 bits per heavy atom. The third-order valence-electron chi connectivity index (χ3n) is 6.46. The van der Waals surface area contributed by atoms with Crippen LogP contribution in [0.1, 0.15) is 45.6 Å². The first-order valence-electron chi connectivity index (χ1n) is 10.1. The summed E-state index contributed by atoms with van der Waals surface area (Å²) in [6.07, 6.45) is -0.609. The third-order valence-corrected chi connectivity index (χ3v) is 7.12. The van der Waals surface area contributed by atoms with E-state index >= 15 is 0 Å². The van der Waals surface area contributed by atoms with Crippen molar-refractivity contribution >= 4 is 15.9 Å². The first kappa shape index (κ1) is 18.1. The lowest BCUT2D eigenvalue weighted by Gasteiger charge is -2.31. The summed E-state index contributed by atoms with van der Waals surface area (Å²) in [6, 6.07) is 26.6. The summed E-state index contributed by atoms with van der Waals surface area (Å²) >= 11 is 3.72. The molecule has 146 valence electrons. The largest absolute Gasteiger partial charge is 0.384 e. The second-order valence-electron chi connectivity index (χ2n) is 8.07. The molecular formula is C27H19BrO2. The molecule has 0 radical (unpaired) electrons. The fourth-order valence-corrected chi connectivity index (χ4v) is 5.64. The number of aliphatic hydroxyl groups is 2.